The van der Waals surface area contributed by atoms with Crippen molar-refractivity contribution in [2.45, 2.75) is 26.4 Å². The van der Waals surface area contributed by atoms with Gasteiger partial charge in [-0.25, -0.2) is 14.8 Å². The first-order chi connectivity index (χ1) is 11.9. The molecule has 2 aromatic heterocycles. The van der Waals surface area contributed by atoms with Gasteiger partial charge in [0.1, 0.15) is 17.2 Å². The second-order valence-electron chi connectivity index (χ2n) is 6.17. The molecule has 0 aliphatic rings. The molecule has 25 heavy (non-hydrogen) atoms. The van der Waals surface area contributed by atoms with Crippen LogP contribution in [0.15, 0.2) is 23.7 Å². The standard InChI is InChI=1S/C17H23N3O4S/c1-17(2,3)24-16(21)13-11-25-15(20-13)12-4-6-19-14(10-12)23-9-8-22-7-5-18/h4,6,10-11H,5,7-9,18H2,1-3H3. The van der Waals surface area contributed by atoms with E-state index in [1.54, 1.807) is 17.6 Å². The monoisotopic (exact) mass is 365 g/mol. The van der Waals surface area contributed by atoms with Crippen LogP contribution in [0.1, 0.15) is 31.3 Å². The van der Waals surface area contributed by atoms with Gasteiger partial charge in [-0.3, -0.25) is 0 Å². The Balaban J connectivity index is 2.00. The molecule has 0 saturated carbocycles. The van der Waals surface area contributed by atoms with E-state index in [2.05, 4.69) is 9.97 Å². The number of nitrogens with two attached hydrogens (primary N) is 1. The van der Waals surface area contributed by atoms with Crippen LogP contribution >= 0.6 is 11.3 Å². The first-order valence-electron chi connectivity index (χ1n) is 7.95. The number of ether oxygens (including phenoxy) is 3. The van der Waals surface area contributed by atoms with E-state index in [9.17, 15) is 4.79 Å². The van der Waals surface area contributed by atoms with E-state index in [1.165, 1.54) is 11.3 Å². The van der Waals surface area contributed by atoms with Crippen LogP contribution in [-0.2, 0) is 9.47 Å². The van der Waals surface area contributed by atoms with Crippen LogP contribution in [-0.4, -0.2) is 47.9 Å². The highest BCUT2D eigenvalue weighted by Crippen LogP contribution is 2.26. The van der Waals surface area contributed by atoms with Crippen LogP contribution in [0.2, 0.25) is 0 Å². The first-order valence-corrected chi connectivity index (χ1v) is 8.83. The Morgan fingerprint density at radius 3 is 2.80 bits per heavy atom. The van der Waals surface area contributed by atoms with Gasteiger partial charge >= 0.3 is 5.97 Å². The molecular formula is C17H23N3O4S. The van der Waals surface area contributed by atoms with E-state index in [-0.39, 0.29) is 0 Å². The Morgan fingerprint density at radius 1 is 1.28 bits per heavy atom. The largest absolute Gasteiger partial charge is 0.475 e. The normalized spacial score (nSPS) is 11.4. The molecule has 2 N–H and O–H groups in total. The quantitative estimate of drug-likeness (QED) is 0.567. The van der Waals surface area contributed by atoms with Crippen molar-refractivity contribution in [1.82, 2.24) is 9.97 Å². The van der Waals surface area contributed by atoms with Crippen LogP contribution in [0.5, 0.6) is 5.88 Å². The molecule has 0 bridgehead atoms. The SMILES string of the molecule is CC(C)(C)OC(=O)c1csc(-c2ccnc(OCCOCCN)c2)n1. The summed E-state index contributed by atoms with van der Waals surface area (Å²) < 4.78 is 16.1. The number of hydrogen-bond acceptors (Lipinski definition) is 8. The van der Waals surface area contributed by atoms with Crippen molar-refractivity contribution < 1.29 is 19.0 Å². The Hall–Kier alpha value is -2.03. The number of hydrogen-bond donors (Lipinski definition) is 1. The second kappa shape index (κ2) is 8.89. The van der Waals surface area contributed by atoms with Crippen molar-refractivity contribution in [3.05, 3.63) is 29.4 Å². The summed E-state index contributed by atoms with van der Waals surface area (Å²) in [6, 6.07) is 3.59. The van der Waals surface area contributed by atoms with Crippen molar-refractivity contribution in [2.75, 3.05) is 26.4 Å². The fourth-order valence-corrected chi connectivity index (χ4v) is 2.63. The van der Waals surface area contributed by atoms with Gasteiger partial charge in [-0.2, -0.15) is 0 Å². The van der Waals surface area contributed by atoms with Gasteiger partial charge in [0.15, 0.2) is 5.69 Å². The molecule has 0 aliphatic heterocycles. The van der Waals surface area contributed by atoms with Gasteiger partial charge in [-0.05, 0) is 26.8 Å². The van der Waals surface area contributed by atoms with E-state index in [4.69, 9.17) is 19.9 Å². The molecule has 2 rings (SSSR count). The summed E-state index contributed by atoms with van der Waals surface area (Å²) in [6.07, 6.45) is 1.64. The molecule has 0 aromatic carbocycles. The van der Waals surface area contributed by atoms with Crippen LogP contribution in [0.25, 0.3) is 10.6 Å². The highest BCUT2D eigenvalue weighted by molar-refractivity contribution is 7.13. The number of carbonyl (C=O) groups is 1. The topological polar surface area (TPSA) is 96.6 Å². The molecule has 0 amide bonds. The van der Waals surface area contributed by atoms with Gasteiger partial charge in [-0.15, -0.1) is 11.3 Å². The Labute approximate surface area is 151 Å². The Bertz CT molecular complexity index is 697. The van der Waals surface area contributed by atoms with Gasteiger partial charge < -0.3 is 19.9 Å². The van der Waals surface area contributed by atoms with Crippen molar-refractivity contribution in [3.63, 3.8) is 0 Å². The maximum absolute atomic E-state index is 12.1. The molecule has 0 fully saturated rings. The predicted molar refractivity (Wildman–Crippen MR) is 95.9 cm³/mol. The number of carbonyl (C=O) groups excluding carboxylic acids is 1. The zero-order chi connectivity index (χ0) is 18.3. The molecule has 2 heterocycles. The lowest BCUT2D eigenvalue weighted by molar-refractivity contribution is 0.00638. The summed E-state index contributed by atoms with van der Waals surface area (Å²) in [6.45, 7) is 7.29. The van der Waals surface area contributed by atoms with E-state index in [1.807, 2.05) is 26.8 Å². The highest BCUT2D eigenvalue weighted by Gasteiger charge is 2.20. The van der Waals surface area contributed by atoms with Gasteiger partial charge in [0.05, 0.1) is 13.2 Å². The minimum absolute atomic E-state index is 0.296. The molecule has 0 atom stereocenters. The highest BCUT2D eigenvalue weighted by atomic mass is 32.1. The number of rotatable bonds is 8. The minimum atomic E-state index is -0.551. The molecule has 7 nitrogen and oxygen atoms in total. The lowest BCUT2D eigenvalue weighted by atomic mass is 10.2. The summed E-state index contributed by atoms with van der Waals surface area (Å²) in [5.41, 5.74) is 5.92. The third-order valence-corrected chi connectivity index (χ3v) is 3.73. The van der Waals surface area contributed by atoms with Crippen molar-refractivity contribution in [3.8, 4) is 16.5 Å². The summed E-state index contributed by atoms with van der Waals surface area (Å²) in [7, 11) is 0. The van der Waals surface area contributed by atoms with Crippen molar-refractivity contribution in [1.29, 1.82) is 0 Å². The Kier molecular flexibility index (Phi) is 6.86. The van der Waals surface area contributed by atoms with E-state index < -0.39 is 11.6 Å². The van der Waals surface area contributed by atoms with Crippen LogP contribution in [0.3, 0.4) is 0 Å². The van der Waals surface area contributed by atoms with Gasteiger partial charge in [0, 0.05) is 29.8 Å². The van der Waals surface area contributed by atoms with E-state index >= 15 is 0 Å². The molecule has 0 saturated heterocycles. The third-order valence-electron chi connectivity index (χ3n) is 2.83. The van der Waals surface area contributed by atoms with Gasteiger partial charge in [-0.1, -0.05) is 0 Å². The van der Waals surface area contributed by atoms with Crippen LogP contribution in [0.4, 0.5) is 0 Å². The number of pyridine rings is 1. The van der Waals surface area contributed by atoms with Crippen molar-refractivity contribution >= 4 is 17.3 Å². The average molecular weight is 365 g/mol. The Morgan fingerprint density at radius 2 is 2.08 bits per heavy atom. The molecule has 136 valence electrons. The second-order valence-corrected chi connectivity index (χ2v) is 7.03. The first kappa shape index (κ1) is 19.3. The lowest BCUT2D eigenvalue weighted by Crippen LogP contribution is -2.24. The number of esters is 1. The molecule has 2 aromatic rings. The molecule has 0 unspecified atom stereocenters. The molecule has 0 spiro atoms. The van der Waals surface area contributed by atoms with Gasteiger partial charge in [0.2, 0.25) is 5.88 Å². The predicted octanol–water partition coefficient (Wildman–Crippen LogP) is 2.51. The van der Waals surface area contributed by atoms with E-state index in [0.717, 1.165) is 5.56 Å². The van der Waals surface area contributed by atoms with Gasteiger partial charge in [0.25, 0.3) is 0 Å². The van der Waals surface area contributed by atoms with Crippen LogP contribution in [0, 0.1) is 0 Å². The minimum Gasteiger partial charge on any atom is -0.475 e. The summed E-state index contributed by atoms with van der Waals surface area (Å²) >= 11 is 1.37. The number of nitrogens with zero attached hydrogens (tertiary/aromatic N) is 2. The zero-order valence-corrected chi connectivity index (χ0v) is 15.5. The average Bonchev–Trinajstić information content (AvgIpc) is 3.04. The third kappa shape index (κ3) is 6.41. The lowest BCUT2D eigenvalue weighted by Gasteiger charge is -2.18. The molecule has 0 radical (unpaired) electrons. The zero-order valence-electron chi connectivity index (χ0n) is 14.7. The van der Waals surface area contributed by atoms with Crippen molar-refractivity contribution in [2.24, 2.45) is 5.73 Å². The summed E-state index contributed by atoms with van der Waals surface area (Å²) in [5.74, 6) is 0.0421. The smallest absolute Gasteiger partial charge is 0.358 e. The summed E-state index contributed by atoms with van der Waals surface area (Å²) in [4.78, 5) is 20.6. The maximum Gasteiger partial charge on any atom is 0.358 e. The molecule has 8 heteroatoms. The fraction of sp³-hybridized carbons (Fsp3) is 0.471. The van der Waals surface area contributed by atoms with Crippen LogP contribution < -0.4 is 10.5 Å². The molecular weight excluding hydrogens is 342 g/mol. The summed E-state index contributed by atoms with van der Waals surface area (Å²) in [5, 5.41) is 2.39. The van der Waals surface area contributed by atoms with E-state index in [0.29, 0.717) is 42.9 Å². The fourth-order valence-electron chi connectivity index (χ4n) is 1.84. The molecule has 0 aliphatic carbocycles. The number of aromatic nitrogens is 2. The number of thiazole rings is 1. The maximum atomic E-state index is 12.1.